The Morgan fingerprint density at radius 3 is 2.52 bits per heavy atom. The molecule has 0 saturated heterocycles. The number of fused-ring (bicyclic) bond motifs is 1. The highest BCUT2D eigenvalue weighted by Gasteiger charge is 2.66. The summed E-state index contributed by atoms with van der Waals surface area (Å²) in [6, 6.07) is 4.55. The molecule has 1 aromatic carbocycles. The van der Waals surface area contributed by atoms with Gasteiger partial charge in [0.15, 0.2) is 11.5 Å². The SMILES string of the molecule is Cc1cc2c(n(C)c1=O)[N+](c1ccc(I)cc1F)(S(=O)(=O)C1CC1)C(=O)N2. The predicted octanol–water partition coefficient (Wildman–Crippen LogP) is 3.11. The molecule has 1 aromatic heterocycles. The van der Waals surface area contributed by atoms with E-state index in [2.05, 4.69) is 5.32 Å². The van der Waals surface area contributed by atoms with Crippen molar-refractivity contribution in [3.05, 3.63) is 49.6 Å². The second kappa shape index (κ2) is 5.85. The average Bonchev–Trinajstić information content (AvgIpc) is 3.38. The van der Waals surface area contributed by atoms with Gasteiger partial charge >= 0.3 is 16.1 Å². The zero-order valence-corrected chi connectivity index (χ0v) is 17.5. The topological polar surface area (TPSA) is 85.2 Å². The summed E-state index contributed by atoms with van der Waals surface area (Å²) >= 11 is 1.91. The van der Waals surface area contributed by atoms with E-state index in [1.165, 1.54) is 25.2 Å². The van der Waals surface area contributed by atoms with Crippen LogP contribution in [0.25, 0.3) is 0 Å². The molecule has 1 fully saturated rings. The number of pyridine rings is 1. The van der Waals surface area contributed by atoms with Crippen LogP contribution in [0, 0.1) is 16.3 Å². The minimum atomic E-state index is -4.21. The second-order valence-electron chi connectivity index (χ2n) is 6.78. The molecule has 0 spiro atoms. The number of nitrogens with zero attached hydrogens (tertiary/aromatic N) is 2. The lowest BCUT2D eigenvalue weighted by Crippen LogP contribution is -2.56. The molecule has 1 unspecified atom stereocenters. The number of anilines is 1. The largest absolute Gasteiger partial charge is 0.448 e. The van der Waals surface area contributed by atoms with Gasteiger partial charge in [0.25, 0.3) is 11.4 Å². The number of urea groups is 1. The van der Waals surface area contributed by atoms with Crippen LogP contribution in [0.4, 0.5) is 26.4 Å². The quantitative estimate of drug-likeness (QED) is 0.515. The van der Waals surface area contributed by atoms with E-state index < -0.39 is 36.6 Å². The summed E-state index contributed by atoms with van der Waals surface area (Å²) in [7, 11) is -2.81. The molecule has 4 rings (SSSR count). The minimum Gasteiger partial charge on any atom is -0.269 e. The van der Waals surface area contributed by atoms with Crippen molar-refractivity contribution >= 4 is 55.8 Å². The number of sulfonamides is 1. The first-order chi connectivity index (χ1) is 12.6. The average molecular weight is 504 g/mol. The molecule has 7 nitrogen and oxygen atoms in total. The van der Waals surface area contributed by atoms with E-state index in [-0.39, 0.29) is 17.2 Å². The lowest BCUT2D eigenvalue weighted by atomic mass is 10.2. The Morgan fingerprint density at radius 1 is 1.26 bits per heavy atom. The third-order valence-electron chi connectivity index (χ3n) is 4.96. The second-order valence-corrected chi connectivity index (χ2v) is 10.3. The van der Waals surface area contributed by atoms with Crippen LogP contribution in [0.5, 0.6) is 0 Å². The number of benzene rings is 1. The summed E-state index contributed by atoms with van der Waals surface area (Å²) in [5, 5.41) is 1.79. The molecule has 1 aliphatic carbocycles. The number of amides is 2. The molecule has 1 N–H and O–H groups in total. The number of hydrogen-bond acceptors (Lipinski definition) is 4. The molecule has 2 aliphatic rings. The third-order valence-corrected chi connectivity index (χ3v) is 8.25. The maximum atomic E-state index is 15.0. The molecule has 1 saturated carbocycles. The van der Waals surface area contributed by atoms with Crippen molar-refractivity contribution < 1.29 is 17.6 Å². The smallest absolute Gasteiger partial charge is 0.269 e. The number of nitrogens with one attached hydrogen (secondary N) is 1. The van der Waals surface area contributed by atoms with E-state index in [9.17, 15) is 22.4 Å². The third kappa shape index (κ3) is 2.36. The standard InChI is InChI=1S/C17H15FIN3O4S/c1-9-7-13-15(21(2)16(9)23)22(17(24)20-13,27(25,26)11-4-5-11)14-6-3-10(19)8-12(14)18/h3,6-8,11H,4-5H2,1-2H3/p+1. The van der Waals surface area contributed by atoms with E-state index in [0.717, 1.165) is 4.57 Å². The summed E-state index contributed by atoms with van der Waals surface area (Å²) in [4.78, 5) is 25.7. The molecule has 27 heavy (non-hydrogen) atoms. The fourth-order valence-electron chi connectivity index (χ4n) is 3.57. The van der Waals surface area contributed by atoms with Crippen molar-refractivity contribution in [3.8, 4) is 0 Å². The first-order valence-electron chi connectivity index (χ1n) is 8.23. The Balaban J connectivity index is 2.19. The monoisotopic (exact) mass is 504 g/mol. The van der Waals surface area contributed by atoms with Gasteiger partial charge in [-0.05, 0) is 60.6 Å². The molecule has 0 bridgehead atoms. The molecular formula is C17H16FIN3O4S+. The van der Waals surface area contributed by atoms with Gasteiger partial charge in [0.2, 0.25) is 0 Å². The lowest BCUT2D eigenvalue weighted by Gasteiger charge is -2.29. The van der Waals surface area contributed by atoms with Crippen LogP contribution in [-0.4, -0.2) is 24.3 Å². The highest BCUT2D eigenvalue weighted by atomic mass is 127. The Kier molecular flexibility index (Phi) is 4.02. The Labute approximate surface area is 168 Å². The summed E-state index contributed by atoms with van der Waals surface area (Å²) in [5.74, 6) is -0.898. The molecule has 142 valence electrons. The van der Waals surface area contributed by atoms with Crippen LogP contribution < -0.4 is 14.8 Å². The number of aryl methyl sites for hydroxylation is 1. The van der Waals surface area contributed by atoms with Gasteiger partial charge in [-0.25, -0.2) is 9.18 Å². The van der Waals surface area contributed by atoms with E-state index in [4.69, 9.17) is 0 Å². The number of carbonyl (C=O) groups excluding carboxylic acids is 1. The van der Waals surface area contributed by atoms with Crippen molar-refractivity contribution in [2.45, 2.75) is 25.0 Å². The number of carbonyl (C=O) groups is 1. The number of aromatic nitrogens is 1. The van der Waals surface area contributed by atoms with E-state index in [1.807, 2.05) is 22.6 Å². The fraction of sp³-hybridized carbons (Fsp3) is 0.294. The van der Waals surface area contributed by atoms with Gasteiger partial charge in [0, 0.05) is 22.2 Å². The number of quaternary nitrogens is 1. The van der Waals surface area contributed by atoms with Crippen LogP contribution in [0.1, 0.15) is 18.4 Å². The molecule has 2 heterocycles. The first-order valence-corrected chi connectivity index (χ1v) is 10.8. The van der Waals surface area contributed by atoms with E-state index in [1.54, 1.807) is 13.0 Å². The van der Waals surface area contributed by atoms with Gasteiger partial charge in [-0.1, -0.05) is 3.89 Å². The zero-order valence-electron chi connectivity index (χ0n) is 14.5. The molecule has 1 atom stereocenters. The summed E-state index contributed by atoms with van der Waals surface area (Å²) in [5.41, 5.74) is -0.202. The highest BCUT2D eigenvalue weighted by Crippen LogP contribution is 2.52. The van der Waals surface area contributed by atoms with E-state index >= 15 is 0 Å². The van der Waals surface area contributed by atoms with Gasteiger partial charge < -0.3 is 0 Å². The molecule has 10 heteroatoms. The van der Waals surface area contributed by atoms with E-state index in [0.29, 0.717) is 22.0 Å². The molecule has 2 aromatic rings. The van der Waals surface area contributed by atoms with Crippen LogP contribution in [0.2, 0.25) is 0 Å². The van der Waals surface area contributed by atoms with Gasteiger partial charge in [-0.15, -0.1) is 0 Å². The lowest BCUT2D eigenvalue weighted by molar-refractivity contribution is 0.245. The van der Waals surface area contributed by atoms with Crippen molar-refractivity contribution in [3.63, 3.8) is 0 Å². The zero-order chi connectivity index (χ0) is 19.7. The van der Waals surface area contributed by atoms with Crippen molar-refractivity contribution in [1.29, 1.82) is 0 Å². The molecule has 0 radical (unpaired) electrons. The Morgan fingerprint density at radius 2 is 1.93 bits per heavy atom. The fourth-order valence-corrected chi connectivity index (χ4v) is 6.36. The van der Waals surface area contributed by atoms with Gasteiger partial charge in [0.1, 0.15) is 10.9 Å². The molecule has 2 amide bonds. The van der Waals surface area contributed by atoms with Crippen LogP contribution in [0.15, 0.2) is 29.1 Å². The predicted molar refractivity (Wildman–Crippen MR) is 108 cm³/mol. The number of halogens is 2. The van der Waals surface area contributed by atoms with Crippen LogP contribution in [-0.2, 0) is 17.1 Å². The first kappa shape index (κ1) is 18.6. The summed E-state index contributed by atoms with van der Waals surface area (Å²) < 4.78 is 42.3. The highest BCUT2D eigenvalue weighted by molar-refractivity contribution is 14.1. The summed E-state index contributed by atoms with van der Waals surface area (Å²) in [6.07, 6.45) is 0.799. The van der Waals surface area contributed by atoms with Crippen molar-refractivity contribution in [1.82, 2.24) is 8.46 Å². The normalized spacial score (nSPS) is 21.9. The maximum Gasteiger partial charge on any atom is 0.448 e. The van der Waals surface area contributed by atoms with Gasteiger partial charge in [-0.2, -0.15) is 8.42 Å². The number of hydrogen-bond donors (Lipinski definition) is 1. The Bertz CT molecular complexity index is 1170. The van der Waals surface area contributed by atoms with Crippen molar-refractivity contribution in [2.75, 3.05) is 5.32 Å². The summed E-state index contributed by atoms with van der Waals surface area (Å²) in [6.45, 7) is 1.57. The van der Waals surface area contributed by atoms with Gasteiger partial charge in [-0.3, -0.25) is 14.7 Å². The minimum absolute atomic E-state index is 0.0809. The Hall–Kier alpha value is -1.79. The van der Waals surface area contributed by atoms with Crippen LogP contribution >= 0.6 is 22.6 Å². The molecule has 1 aliphatic heterocycles. The maximum absolute atomic E-state index is 15.0. The molecular weight excluding hydrogens is 488 g/mol. The van der Waals surface area contributed by atoms with Gasteiger partial charge in [0.05, 0.1) is 0 Å². The van der Waals surface area contributed by atoms with Crippen molar-refractivity contribution in [2.24, 2.45) is 7.05 Å². The number of rotatable bonds is 3. The van der Waals surface area contributed by atoms with Crippen LogP contribution in [0.3, 0.4) is 0 Å².